The number of hydrogen-bond acceptors (Lipinski definition) is 3. The van der Waals surface area contributed by atoms with Crippen molar-refractivity contribution in [2.24, 2.45) is 11.7 Å². The van der Waals surface area contributed by atoms with Crippen LogP contribution in [0.4, 0.5) is 0 Å². The summed E-state index contributed by atoms with van der Waals surface area (Å²) in [6, 6.07) is 2.04. The molecule has 0 saturated carbocycles. The average Bonchev–Trinajstić information content (AvgIpc) is 2.76. The topological polar surface area (TPSA) is 53.1 Å². The molecule has 2 atom stereocenters. The molecule has 0 radical (unpaired) electrons. The van der Waals surface area contributed by atoms with Gasteiger partial charge in [0.25, 0.3) is 0 Å². The largest absolute Gasteiger partial charge is 0.372 e. The van der Waals surface area contributed by atoms with Crippen LogP contribution in [0.15, 0.2) is 12.3 Å². The van der Waals surface area contributed by atoms with E-state index in [4.69, 9.17) is 10.5 Å². The predicted octanol–water partition coefficient (Wildman–Crippen LogP) is 1.33. The molecule has 2 N–H and O–H groups in total. The molecule has 15 heavy (non-hydrogen) atoms. The van der Waals surface area contributed by atoms with Gasteiger partial charge in [0.15, 0.2) is 0 Å². The third-order valence-electron chi connectivity index (χ3n) is 3.09. The third-order valence-corrected chi connectivity index (χ3v) is 3.09. The monoisotopic (exact) mass is 209 g/mol. The third kappa shape index (κ3) is 2.06. The summed E-state index contributed by atoms with van der Waals surface area (Å²) in [5, 5.41) is 4.27. The van der Waals surface area contributed by atoms with Crippen molar-refractivity contribution in [1.29, 1.82) is 0 Å². The maximum absolute atomic E-state index is 5.83. The summed E-state index contributed by atoms with van der Waals surface area (Å²) in [6.07, 6.45) is 4.27. The van der Waals surface area contributed by atoms with Gasteiger partial charge in [-0.1, -0.05) is 0 Å². The predicted molar refractivity (Wildman–Crippen MR) is 58.4 cm³/mol. The molecule has 0 unspecified atom stereocenters. The van der Waals surface area contributed by atoms with E-state index in [1.807, 2.05) is 16.9 Å². The maximum atomic E-state index is 5.83. The van der Waals surface area contributed by atoms with Crippen molar-refractivity contribution < 1.29 is 4.74 Å². The number of nitrogens with zero attached hydrogens (tertiary/aromatic N) is 2. The smallest absolute Gasteiger partial charge is 0.103 e. The summed E-state index contributed by atoms with van der Waals surface area (Å²) in [7, 11) is 0. The van der Waals surface area contributed by atoms with Crippen molar-refractivity contribution in [2.75, 3.05) is 13.2 Å². The van der Waals surface area contributed by atoms with Crippen LogP contribution in [0.5, 0.6) is 0 Å². The first-order valence-electron chi connectivity index (χ1n) is 5.70. The number of nitrogens with two attached hydrogens (primary N) is 1. The minimum atomic E-state index is 0.145. The van der Waals surface area contributed by atoms with E-state index in [-0.39, 0.29) is 6.10 Å². The van der Waals surface area contributed by atoms with Gasteiger partial charge in [-0.05, 0) is 32.4 Å². The van der Waals surface area contributed by atoms with E-state index in [2.05, 4.69) is 12.0 Å². The Morgan fingerprint density at radius 2 is 2.53 bits per heavy atom. The Morgan fingerprint density at radius 1 is 1.67 bits per heavy atom. The van der Waals surface area contributed by atoms with Gasteiger partial charge in [0.05, 0.1) is 5.69 Å². The molecule has 1 aliphatic rings. The van der Waals surface area contributed by atoms with Crippen molar-refractivity contribution in [3.63, 3.8) is 0 Å². The van der Waals surface area contributed by atoms with Crippen LogP contribution in [0.2, 0.25) is 0 Å². The minimum Gasteiger partial charge on any atom is -0.372 e. The van der Waals surface area contributed by atoms with Crippen molar-refractivity contribution >= 4 is 0 Å². The molecular formula is C11H19N3O. The van der Waals surface area contributed by atoms with Crippen molar-refractivity contribution in [3.8, 4) is 0 Å². The minimum absolute atomic E-state index is 0.145. The molecule has 1 aromatic heterocycles. The molecule has 4 nitrogen and oxygen atoms in total. The number of rotatable bonds is 3. The van der Waals surface area contributed by atoms with Crippen LogP contribution in [0, 0.1) is 5.92 Å². The molecule has 2 rings (SSSR count). The van der Waals surface area contributed by atoms with Gasteiger partial charge in [0, 0.05) is 25.3 Å². The van der Waals surface area contributed by atoms with Crippen LogP contribution >= 0.6 is 0 Å². The Hall–Kier alpha value is -0.870. The summed E-state index contributed by atoms with van der Waals surface area (Å²) < 4.78 is 7.83. The highest BCUT2D eigenvalue weighted by molar-refractivity contribution is 5.07. The molecular weight excluding hydrogens is 190 g/mol. The van der Waals surface area contributed by atoms with Gasteiger partial charge in [-0.25, -0.2) is 0 Å². The zero-order valence-corrected chi connectivity index (χ0v) is 9.22. The van der Waals surface area contributed by atoms with Crippen LogP contribution in [0.1, 0.15) is 31.6 Å². The average molecular weight is 209 g/mol. The lowest BCUT2D eigenvalue weighted by molar-refractivity contribution is -0.0301. The lowest BCUT2D eigenvalue weighted by atomic mass is 9.92. The zero-order chi connectivity index (χ0) is 10.7. The van der Waals surface area contributed by atoms with E-state index in [1.165, 1.54) is 5.69 Å². The molecule has 1 aromatic rings. The Balaban J connectivity index is 2.20. The fourth-order valence-electron chi connectivity index (χ4n) is 2.26. The Kier molecular flexibility index (Phi) is 3.38. The number of aryl methyl sites for hydroxylation is 1. The van der Waals surface area contributed by atoms with Gasteiger partial charge in [-0.2, -0.15) is 5.10 Å². The summed E-state index contributed by atoms with van der Waals surface area (Å²) in [5.41, 5.74) is 6.96. The highest BCUT2D eigenvalue weighted by Crippen LogP contribution is 2.32. The van der Waals surface area contributed by atoms with Crippen molar-refractivity contribution in [1.82, 2.24) is 9.78 Å². The fraction of sp³-hybridized carbons (Fsp3) is 0.727. The van der Waals surface area contributed by atoms with E-state index >= 15 is 0 Å². The van der Waals surface area contributed by atoms with Gasteiger partial charge in [0.2, 0.25) is 0 Å². The SMILES string of the molecule is CCn1nccc1[C@@H]1OCCC[C@H]1CN. The summed E-state index contributed by atoms with van der Waals surface area (Å²) in [4.78, 5) is 0. The second-order valence-corrected chi connectivity index (χ2v) is 4.00. The van der Waals surface area contributed by atoms with Crippen LogP contribution in [0.25, 0.3) is 0 Å². The lowest BCUT2D eigenvalue weighted by Gasteiger charge is -2.31. The standard InChI is InChI=1S/C11H19N3O/c1-2-14-10(5-6-13-14)11-9(8-12)4-3-7-15-11/h5-6,9,11H,2-4,7-8,12H2,1H3/t9-,11+/m0/s1. The van der Waals surface area contributed by atoms with Crippen molar-refractivity contribution in [3.05, 3.63) is 18.0 Å². The van der Waals surface area contributed by atoms with Crippen LogP contribution < -0.4 is 5.73 Å². The second-order valence-electron chi connectivity index (χ2n) is 4.00. The molecule has 1 saturated heterocycles. The molecule has 0 bridgehead atoms. The number of ether oxygens (including phenoxy) is 1. The quantitative estimate of drug-likeness (QED) is 0.817. The summed E-state index contributed by atoms with van der Waals surface area (Å²) in [6.45, 7) is 4.52. The molecule has 1 fully saturated rings. The van der Waals surface area contributed by atoms with Crippen LogP contribution in [0.3, 0.4) is 0 Å². The van der Waals surface area contributed by atoms with E-state index in [9.17, 15) is 0 Å². The maximum Gasteiger partial charge on any atom is 0.103 e. The Morgan fingerprint density at radius 3 is 3.27 bits per heavy atom. The number of hydrogen-bond donors (Lipinski definition) is 1. The van der Waals surface area contributed by atoms with Gasteiger partial charge in [-0.3, -0.25) is 4.68 Å². The fourth-order valence-corrected chi connectivity index (χ4v) is 2.26. The summed E-state index contributed by atoms with van der Waals surface area (Å²) >= 11 is 0. The molecule has 0 spiro atoms. The Labute approximate surface area is 90.4 Å². The lowest BCUT2D eigenvalue weighted by Crippen LogP contribution is -2.30. The molecule has 0 aromatic carbocycles. The van der Waals surface area contributed by atoms with Gasteiger partial charge in [-0.15, -0.1) is 0 Å². The molecule has 1 aliphatic heterocycles. The van der Waals surface area contributed by atoms with Gasteiger partial charge in [0.1, 0.15) is 6.10 Å². The molecule has 2 heterocycles. The first kappa shape index (κ1) is 10.6. The highest BCUT2D eigenvalue weighted by Gasteiger charge is 2.28. The van der Waals surface area contributed by atoms with Crippen LogP contribution in [-0.4, -0.2) is 22.9 Å². The summed E-state index contributed by atoms with van der Waals surface area (Å²) in [5.74, 6) is 0.445. The van der Waals surface area contributed by atoms with E-state index in [0.717, 1.165) is 26.0 Å². The van der Waals surface area contributed by atoms with Crippen LogP contribution in [-0.2, 0) is 11.3 Å². The van der Waals surface area contributed by atoms with E-state index in [0.29, 0.717) is 12.5 Å². The first-order chi connectivity index (χ1) is 7.36. The van der Waals surface area contributed by atoms with Crippen molar-refractivity contribution in [2.45, 2.75) is 32.4 Å². The normalized spacial score (nSPS) is 26.8. The molecule has 0 amide bonds. The number of aromatic nitrogens is 2. The van der Waals surface area contributed by atoms with E-state index in [1.54, 1.807) is 0 Å². The van der Waals surface area contributed by atoms with Gasteiger partial charge >= 0.3 is 0 Å². The Bertz CT molecular complexity index is 311. The van der Waals surface area contributed by atoms with Gasteiger partial charge < -0.3 is 10.5 Å². The van der Waals surface area contributed by atoms with E-state index < -0.39 is 0 Å². The molecule has 84 valence electrons. The zero-order valence-electron chi connectivity index (χ0n) is 9.22. The highest BCUT2D eigenvalue weighted by atomic mass is 16.5. The second kappa shape index (κ2) is 4.77. The molecule has 0 aliphatic carbocycles. The first-order valence-corrected chi connectivity index (χ1v) is 5.70. The molecule has 4 heteroatoms.